The number of aromatic amines is 2. The molecule has 2 heterocycles. The Labute approximate surface area is 567 Å². The highest BCUT2D eigenvalue weighted by atomic mass is 16.6. The molecular weight excluding hydrogens is 1240 g/mol. The third-order valence-corrected chi connectivity index (χ3v) is 15.7. The van der Waals surface area contributed by atoms with Crippen LogP contribution in [0.15, 0.2) is 21.7 Å². The molecule has 2 aromatic rings. The zero-order chi connectivity index (χ0) is 72.4. The number of carbonyl (C=O) groups excluding carboxylic acids is 8. The molecule has 0 bridgehead atoms. The molecule has 10 amide bonds. The number of urea groups is 2. The van der Waals surface area contributed by atoms with Gasteiger partial charge in [0, 0.05) is 82.9 Å². The van der Waals surface area contributed by atoms with E-state index in [1.54, 1.807) is 34.7 Å². The van der Waals surface area contributed by atoms with Gasteiger partial charge in [-0.2, -0.15) is 0 Å². The van der Waals surface area contributed by atoms with Crippen molar-refractivity contribution < 1.29 is 66.8 Å². The number of aryl methyl sites for hydroxylation is 2. The van der Waals surface area contributed by atoms with Crippen LogP contribution < -0.4 is 59.0 Å². The van der Waals surface area contributed by atoms with E-state index < -0.39 is 60.8 Å². The molecule has 30 nitrogen and oxygen atoms in total. The number of H-pyrrole nitrogens is 2. The Hall–Kier alpha value is -8.08. The second kappa shape index (κ2) is 41.8. The van der Waals surface area contributed by atoms with E-state index in [2.05, 4.69) is 123 Å². The SMILES string of the molecule is Cc1cc(=O)[nH]c(NC(=O)NCC(C)CC(C)(C)CCNC(=O)OCC(C)OC(=O)NCC(C)CC(C)(C)CCNC(=O)OCC(C)CCOC(=O)NCCC(C)(C)CC(C)CN(C)C(=O)OC(C)COC(=O)NCCC(C)(C)CC(C)CNC(=O)Nc2nc(C)cc(=O)[nH]2)n1. The van der Waals surface area contributed by atoms with Crippen LogP contribution >= 0.6 is 0 Å². The summed E-state index contributed by atoms with van der Waals surface area (Å²) < 4.78 is 32.4. The Balaban J connectivity index is 1.52. The molecule has 0 aliphatic rings. The number of aromatic nitrogens is 4. The summed E-state index contributed by atoms with van der Waals surface area (Å²) in [4.78, 5) is 138. The average Bonchev–Trinajstić information content (AvgIpc) is 1.47. The van der Waals surface area contributed by atoms with Gasteiger partial charge in [0.1, 0.15) is 25.4 Å². The summed E-state index contributed by atoms with van der Waals surface area (Å²) in [6, 6.07) is 1.69. The van der Waals surface area contributed by atoms with Crippen molar-refractivity contribution in [1.29, 1.82) is 0 Å². The first-order valence-corrected chi connectivity index (χ1v) is 33.4. The van der Waals surface area contributed by atoms with Gasteiger partial charge in [-0.05, 0) is 137 Å². The topological polar surface area (TPSA) is 395 Å². The number of hydrogen-bond donors (Lipinski definition) is 11. The van der Waals surface area contributed by atoms with Gasteiger partial charge in [-0.3, -0.25) is 30.2 Å². The van der Waals surface area contributed by atoms with Crippen molar-refractivity contribution in [3.8, 4) is 0 Å². The van der Waals surface area contributed by atoms with Crippen LogP contribution in [0.3, 0.4) is 0 Å². The zero-order valence-corrected chi connectivity index (χ0v) is 60.4. The summed E-state index contributed by atoms with van der Waals surface area (Å²) >= 11 is 0. The molecule has 2 rings (SSSR count). The van der Waals surface area contributed by atoms with E-state index in [1.807, 2.05) is 34.6 Å². The maximum atomic E-state index is 12.9. The lowest BCUT2D eigenvalue weighted by Crippen LogP contribution is -2.37. The van der Waals surface area contributed by atoms with Crippen LogP contribution in [0.2, 0.25) is 0 Å². The van der Waals surface area contributed by atoms with Crippen LogP contribution in [-0.2, 0) is 28.4 Å². The summed E-state index contributed by atoms with van der Waals surface area (Å²) in [5.41, 5.74) is -0.463. The Morgan fingerprint density at radius 2 is 0.802 bits per heavy atom. The van der Waals surface area contributed by atoms with E-state index in [-0.39, 0.29) is 101 Å². The van der Waals surface area contributed by atoms with Gasteiger partial charge in [-0.1, -0.05) is 90.0 Å². The quantitative estimate of drug-likeness (QED) is 0.0276. The molecule has 96 heavy (non-hydrogen) atoms. The van der Waals surface area contributed by atoms with Crippen molar-refractivity contribution in [2.75, 3.05) is 96.5 Å². The molecule has 0 saturated carbocycles. The van der Waals surface area contributed by atoms with Gasteiger partial charge >= 0.3 is 48.6 Å². The predicted molar refractivity (Wildman–Crippen MR) is 366 cm³/mol. The number of nitrogens with one attached hydrogen (secondary N) is 11. The predicted octanol–water partition coefficient (Wildman–Crippen LogP) is 9.69. The van der Waals surface area contributed by atoms with Crippen LogP contribution in [0.5, 0.6) is 0 Å². The van der Waals surface area contributed by atoms with Crippen LogP contribution in [-0.4, -0.2) is 171 Å². The van der Waals surface area contributed by atoms with Gasteiger partial charge < -0.3 is 70.5 Å². The number of rotatable bonds is 41. The first-order valence-electron chi connectivity index (χ1n) is 33.4. The van der Waals surface area contributed by atoms with Crippen molar-refractivity contribution >= 4 is 60.5 Å². The highest BCUT2D eigenvalue weighted by molar-refractivity contribution is 5.87. The summed E-state index contributed by atoms with van der Waals surface area (Å²) in [5.74, 6) is 0.458. The highest BCUT2D eigenvalue weighted by Gasteiger charge is 2.28. The number of carbonyl (C=O) groups is 8. The lowest BCUT2D eigenvalue weighted by Gasteiger charge is -2.30. The van der Waals surface area contributed by atoms with Crippen molar-refractivity contribution in [3.05, 3.63) is 44.2 Å². The van der Waals surface area contributed by atoms with E-state index >= 15 is 0 Å². The van der Waals surface area contributed by atoms with Crippen LogP contribution in [0.4, 0.5) is 50.3 Å². The lowest BCUT2D eigenvalue weighted by molar-refractivity contribution is 0.0339. The molecule has 2 aromatic heterocycles. The fourth-order valence-electron chi connectivity index (χ4n) is 11.2. The summed E-state index contributed by atoms with van der Waals surface area (Å²) in [5, 5.41) is 24.5. The fourth-order valence-corrected chi connectivity index (χ4v) is 11.2. The molecule has 0 aliphatic carbocycles. The molecule has 546 valence electrons. The van der Waals surface area contributed by atoms with E-state index in [0.717, 1.165) is 25.7 Å². The Bertz CT molecular complexity index is 2880. The number of ether oxygens (including phenoxy) is 6. The minimum Gasteiger partial charge on any atom is -0.450 e. The first kappa shape index (κ1) is 84.0. The molecule has 7 unspecified atom stereocenters. The summed E-state index contributed by atoms with van der Waals surface area (Å²) in [6.45, 7) is 36.2. The Kier molecular flexibility index (Phi) is 36.6. The second-order valence-corrected chi connectivity index (χ2v) is 29.2. The van der Waals surface area contributed by atoms with Crippen LogP contribution in [0.1, 0.15) is 173 Å². The molecule has 0 aliphatic heterocycles. The van der Waals surface area contributed by atoms with Gasteiger partial charge in [0.25, 0.3) is 11.1 Å². The van der Waals surface area contributed by atoms with Crippen LogP contribution in [0.25, 0.3) is 0 Å². The number of anilines is 2. The van der Waals surface area contributed by atoms with Crippen molar-refractivity contribution in [2.45, 2.75) is 188 Å². The van der Waals surface area contributed by atoms with Gasteiger partial charge in [-0.25, -0.2) is 48.3 Å². The molecule has 7 atom stereocenters. The first-order chi connectivity index (χ1) is 44.7. The molecule has 0 saturated heterocycles. The normalized spacial score (nSPS) is 13.9. The van der Waals surface area contributed by atoms with Crippen molar-refractivity contribution in [1.82, 2.24) is 62.1 Å². The number of amides is 10. The Morgan fingerprint density at radius 3 is 1.19 bits per heavy atom. The van der Waals surface area contributed by atoms with Crippen molar-refractivity contribution in [2.24, 2.45) is 51.2 Å². The Morgan fingerprint density at radius 1 is 0.458 bits per heavy atom. The summed E-state index contributed by atoms with van der Waals surface area (Å²) in [7, 11) is 1.65. The minimum absolute atomic E-state index is 0.0681. The fraction of sp³-hybridized carbons (Fsp3) is 0.758. The second-order valence-electron chi connectivity index (χ2n) is 29.2. The van der Waals surface area contributed by atoms with Gasteiger partial charge in [0.2, 0.25) is 11.9 Å². The van der Waals surface area contributed by atoms with Gasteiger partial charge in [0.15, 0.2) is 0 Å². The smallest absolute Gasteiger partial charge is 0.409 e. The molecule has 0 aromatic carbocycles. The number of nitrogens with zero attached hydrogens (tertiary/aromatic N) is 3. The average molecular weight is 1360 g/mol. The highest BCUT2D eigenvalue weighted by Crippen LogP contribution is 2.32. The van der Waals surface area contributed by atoms with E-state index in [0.29, 0.717) is 95.9 Å². The van der Waals surface area contributed by atoms with Crippen LogP contribution in [0, 0.1) is 65.1 Å². The van der Waals surface area contributed by atoms with E-state index in [9.17, 15) is 47.9 Å². The monoisotopic (exact) mass is 1360 g/mol. The van der Waals surface area contributed by atoms with Crippen molar-refractivity contribution in [3.63, 3.8) is 0 Å². The standard InChI is InChI=1S/C66H116N14O16/c1-42(39-92-58(86)68-25-20-65(14,15)33-45(4)37-73-61(89)95-49(8)40-93-59(87)69-26-21-63(10,11)31-43(2)35-71-55(83)78-53-74-47(6)29-51(81)76-53)19-28-91-57(85)67-24-23-66(16,17)34-46(5)38-80(18)62(90)96-50(9)41-94-60(88)70-27-22-64(12,13)32-44(3)36-72-56(84)79-54-75-48(7)30-52(82)77-54/h29-30,42-46,49-50H,19-28,31-41H2,1-18H3,(H,67,85)(H,68,86)(H,69,87)(H,70,88)(H,73,89)(H3,71,74,76,78,81,83)(H3,72,75,77,79,82,84). The molecule has 0 spiro atoms. The maximum Gasteiger partial charge on any atom is 0.409 e. The minimum atomic E-state index is -0.696. The van der Waals surface area contributed by atoms with Gasteiger partial charge in [-0.15, -0.1) is 0 Å². The lowest BCUT2D eigenvalue weighted by atomic mass is 9.80. The zero-order valence-electron chi connectivity index (χ0n) is 60.4. The molecule has 30 heteroatoms. The maximum absolute atomic E-state index is 12.9. The molecular formula is C66H116N14O16. The van der Waals surface area contributed by atoms with E-state index in [4.69, 9.17) is 28.4 Å². The molecule has 0 radical (unpaired) electrons. The third-order valence-electron chi connectivity index (χ3n) is 15.7. The van der Waals surface area contributed by atoms with E-state index in [1.165, 1.54) is 17.0 Å². The third kappa shape index (κ3) is 40.3. The number of hydrogen-bond acceptors (Lipinski definition) is 18. The molecule has 11 N–H and O–H groups in total. The summed E-state index contributed by atoms with van der Waals surface area (Å²) in [6.07, 6.45) is 1.19. The number of alkyl carbamates (subject to hydrolysis) is 5. The largest absolute Gasteiger partial charge is 0.450 e. The molecule has 0 fully saturated rings. The van der Waals surface area contributed by atoms with Gasteiger partial charge in [0.05, 0.1) is 13.2 Å².